The zero-order valence-corrected chi connectivity index (χ0v) is 24.6. The van der Waals surface area contributed by atoms with Gasteiger partial charge in [-0.25, -0.2) is 0 Å². The van der Waals surface area contributed by atoms with E-state index in [4.69, 9.17) is 18.9 Å². The Morgan fingerprint density at radius 3 is 2.44 bits per heavy atom. The summed E-state index contributed by atoms with van der Waals surface area (Å²) >= 11 is 0. The van der Waals surface area contributed by atoms with Crippen LogP contribution in [-0.2, 0) is 9.59 Å². The van der Waals surface area contributed by atoms with Gasteiger partial charge in [-0.05, 0) is 55.7 Å². The number of amides is 1. The number of nitrogens with zero attached hydrogens (tertiary/aromatic N) is 1. The average molecular weight is 567 g/mol. The molecule has 1 N–H and O–H groups in total. The fraction of sp³-hybridized carbons (Fsp3) is 0.500. The van der Waals surface area contributed by atoms with E-state index >= 15 is 0 Å². The summed E-state index contributed by atoms with van der Waals surface area (Å²) in [4.78, 5) is 29.8. The van der Waals surface area contributed by atoms with Crippen molar-refractivity contribution in [3.8, 4) is 23.0 Å². The number of rotatable bonds is 14. The highest BCUT2D eigenvalue weighted by atomic mass is 16.6. The summed E-state index contributed by atoms with van der Waals surface area (Å²) in [6.45, 7) is 10.9. The van der Waals surface area contributed by atoms with Gasteiger partial charge in [0.15, 0.2) is 23.0 Å². The molecule has 0 aromatic heterocycles. The minimum Gasteiger partial charge on any atom is -0.872 e. The second-order valence-electron chi connectivity index (χ2n) is 10.4. The van der Waals surface area contributed by atoms with E-state index in [1.165, 1.54) is 9.80 Å². The molecule has 2 aromatic carbocycles. The standard InChI is InChI=1S/C32H42N2O7/c1-5-8-9-17-39-24-13-11-22(20-26(24)38-4)29-28(30(35)23-12-14-25-27(21-23)41-19-18-40-25)31(36)32(37)34(29)16-10-15-33(6-2)7-3/h11-14,20-21,29,35H,5-10,15-19H2,1-4H3/b30-28+. The normalized spacial score (nSPS) is 17.8. The molecule has 2 aromatic rings. The summed E-state index contributed by atoms with van der Waals surface area (Å²) in [6, 6.07) is 9.38. The van der Waals surface area contributed by atoms with Crippen LogP contribution in [0.1, 0.15) is 63.6 Å². The van der Waals surface area contributed by atoms with E-state index in [0.717, 1.165) is 38.9 Å². The molecule has 1 fully saturated rings. The number of carbonyl (C=O) groups is 2. The molecule has 0 radical (unpaired) electrons. The van der Waals surface area contributed by atoms with Gasteiger partial charge in [-0.1, -0.05) is 37.7 Å². The van der Waals surface area contributed by atoms with Gasteiger partial charge in [-0.2, -0.15) is 0 Å². The number of benzene rings is 2. The summed E-state index contributed by atoms with van der Waals surface area (Å²) in [5.41, 5.74) is 0.825. The lowest BCUT2D eigenvalue weighted by atomic mass is 9.94. The van der Waals surface area contributed by atoms with Crippen molar-refractivity contribution in [1.29, 1.82) is 0 Å². The van der Waals surface area contributed by atoms with Gasteiger partial charge in [0, 0.05) is 18.5 Å². The maximum Gasteiger partial charge on any atom is 0.295 e. The van der Waals surface area contributed by atoms with E-state index in [1.807, 2.05) is 6.07 Å². The van der Waals surface area contributed by atoms with Crippen LogP contribution in [0, 0.1) is 0 Å². The second kappa shape index (κ2) is 14.3. The van der Waals surface area contributed by atoms with Gasteiger partial charge in [0.05, 0.1) is 39.4 Å². The smallest absolute Gasteiger partial charge is 0.295 e. The average Bonchev–Trinajstić information content (AvgIpc) is 3.25. The number of quaternary nitrogens is 1. The Balaban J connectivity index is 1.73. The number of likely N-dealkylation sites (tertiary alicyclic amines) is 1. The topological polar surface area (TPSA) is 102 Å². The predicted octanol–water partition coefficient (Wildman–Crippen LogP) is 2.57. The third-order valence-corrected chi connectivity index (χ3v) is 7.77. The van der Waals surface area contributed by atoms with Crippen molar-refractivity contribution in [3.05, 3.63) is 53.1 Å². The van der Waals surface area contributed by atoms with Crippen LogP contribution < -0.4 is 29.0 Å². The van der Waals surface area contributed by atoms with Gasteiger partial charge in [0.25, 0.3) is 5.91 Å². The van der Waals surface area contributed by atoms with Crippen molar-refractivity contribution in [2.75, 3.05) is 53.1 Å². The van der Waals surface area contributed by atoms with E-state index in [9.17, 15) is 14.7 Å². The maximum atomic E-state index is 13.9. The van der Waals surface area contributed by atoms with Crippen molar-refractivity contribution >= 4 is 17.4 Å². The molecule has 9 heteroatoms. The molecule has 0 aliphatic carbocycles. The third kappa shape index (κ3) is 6.78. The molecule has 1 amide bonds. The molecule has 0 bridgehead atoms. The molecular weight excluding hydrogens is 524 g/mol. The minimum absolute atomic E-state index is 0.0690. The molecular formula is C32H42N2O7. The highest BCUT2D eigenvalue weighted by Gasteiger charge is 2.44. The van der Waals surface area contributed by atoms with Gasteiger partial charge in [0.2, 0.25) is 5.78 Å². The fourth-order valence-electron chi connectivity index (χ4n) is 5.40. The van der Waals surface area contributed by atoms with Crippen LogP contribution in [0.2, 0.25) is 0 Å². The van der Waals surface area contributed by atoms with Gasteiger partial charge >= 0.3 is 0 Å². The number of hydrogen-bond donors (Lipinski definition) is 1. The number of Topliss-reactive ketones (excluding diaryl/α,β-unsaturated/α-hetero) is 1. The van der Waals surface area contributed by atoms with Gasteiger partial charge in [-0.15, -0.1) is 0 Å². The molecule has 2 aliphatic heterocycles. The first kappa shape index (κ1) is 30.2. The lowest BCUT2D eigenvalue weighted by molar-refractivity contribution is -0.896. The SMILES string of the molecule is CCCCCOc1ccc(C2/C(=C(\[O-])c3ccc4c(c3)OCCO4)C(=O)C(=O)N2CCC[NH+](CC)CC)cc1OC. The van der Waals surface area contributed by atoms with Crippen LogP contribution in [0.15, 0.2) is 42.0 Å². The van der Waals surface area contributed by atoms with Crippen LogP contribution in [0.25, 0.3) is 5.76 Å². The number of nitrogens with one attached hydrogen (secondary N) is 1. The Morgan fingerprint density at radius 1 is 0.976 bits per heavy atom. The van der Waals surface area contributed by atoms with Crippen molar-refractivity contribution < 1.29 is 38.5 Å². The first-order valence-electron chi connectivity index (χ1n) is 14.7. The maximum absolute atomic E-state index is 13.9. The summed E-state index contributed by atoms with van der Waals surface area (Å²) in [5, 5.41) is 13.9. The van der Waals surface area contributed by atoms with Gasteiger partial charge < -0.3 is 33.9 Å². The predicted molar refractivity (Wildman–Crippen MR) is 153 cm³/mol. The van der Waals surface area contributed by atoms with E-state index in [0.29, 0.717) is 61.3 Å². The number of ether oxygens (including phenoxy) is 4. The Bertz CT molecular complexity index is 1250. The van der Waals surface area contributed by atoms with E-state index in [-0.39, 0.29) is 11.1 Å². The van der Waals surface area contributed by atoms with Crippen molar-refractivity contribution in [2.45, 2.75) is 52.5 Å². The number of hydrogen-bond acceptors (Lipinski definition) is 7. The number of unbranched alkanes of at least 4 members (excludes halogenated alkanes) is 2. The highest BCUT2D eigenvalue weighted by molar-refractivity contribution is 6.46. The lowest BCUT2D eigenvalue weighted by Gasteiger charge is -2.29. The second-order valence-corrected chi connectivity index (χ2v) is 10.4. The number of carbonyl (C=O) groups excluding carboxylic acids is 2. The molecule has 222 valence electrons. The first-order valence-corrected chi connectivity index (χ1v) is 14.7. The summed E-state index contributed by atoms with van der Waals surface area (Å²) in [6.07, 6.45) is 3.78. The first-order chi connectivity index (χ1) is 19.9. The Kier molecular flexibility index (Phi) is 10.5. The monoisotopic (exact) mass is 566 g/mol. The number of methoxy groups -OCH3 is 1. The minimum atomic E-state index is -0.842. The summed E-state index contributed by atoms with van der Waals surface area (Å²) in [5.74, 6) is 0.127. The van der Waals surface area contributed by atoms with Crippen LogP contribution in [-0.4, -0.2) is 69.7 Å². The van der Waals surface area contributed by atoms with E-state index in [1.54, 1.807) is 37.4 Å². The van der Waals surface area contributed by atoms with Crippen LogP contribution >= 0.6 is 0 Å². The largest absolute Gasteiger partial charge is 0.872 e. The summed E-state index contributed by atoms with van der Waals surface area (Å²) in [7, 11) is 1.55. The van der Waals surface area contributed by atoms with E-state index < -0.39 is 23.5 Å². The van der Waals surface area contributed by atoms with Crippen molar-refractivity contribution in [1.82, 2.24) is 4.90 Å². The van der Waals surface area contributed by atoms with Crippen molar-refractivity contribution in [3.63, 3.8) is 0 Å². The Hall–Kier alpha value is -3.72. The number of ketones is 1. The molecule has 1 unspecified atom stereocenters. The third-order valence-electron chi connectivity index (χ3n) is 7.77. The summed E-state index contributed by atoms with van der Waals surface area (Å²) < 4.78 is 22.8. The van der Waals surface area contributed by atoms with Gasteiger partial charge in [0.1, 0.15) is 13.2 Å². The Labute approximate surface area is 242 Å². The molecule has 0 saturated carbocycles. The molecule has 1 saturated heterocycles. The molecule has 9 nitrogen and oxygen atoms in total. The molecule has 0 spiro atoms. The zero-order valence-electron chi connectivity index (χ0n) is 24.6. The molecule has 2 heterocycles. The molecule has 2 aliphatic rings. The van der Waals surface area contributed by atoms with Crippen LogP contribution in [0.5, 0.6) is 23.0 Å². The number of fused-ring (bicyclic) bond motifs is 1. The lowest BCUT2D eigenvalue weighted by Crippen LogP contribution is -3.11. The van der Waals surface area contributed by atoms with Crippen molar-refractivity contribution in [2.24, 2.45) is 0 Å². The molecule has 1 atom stereocenters. The Morgan fingerprint density at radius 2 is 1.73 bits per heavy atom. The quantitative estimate of drug-likeness (QED) is 0.162. The van der Waals surface area contributed by atoms with E-state index in [2.05, 4.69) is 20.8 Å². The zero-order chi connectivity index (χ0) is 29.4. The fourth-order valence-corrected chi connectivity index (χ4v) is 5.40. The van der Waals surface area contributed by atoms with Crippen LogP contribution in [0.3, 0.4) is 0 Å². The molecule has 4 rings (SSSR count). The van der Waals surface area contributed by atoms with Crippen LogP contribution in [0.4, 0.5) is 0 Å². The van der Waals surface area contributed by atoms with Gasteiger partial charge in [-0.3, -0.25) is 9.59 Å². The molecule has 41 heavy (non-hydrogen) atoms. The highest BCUT2D eigenvalue weighted by Crippen LogP contribution is 2.42.